The highest BCUT2D eigenvalue weighted by molar-refractivity contribution is 8.18. The van der Waals surface area contributed by atoms with Crippen LogP contribution in [0.5, 0.6) is 0 Å². The first-order valence-electron chi connectivity index (χ1n) is 11.0. The molecule has 0 bridgehead atoms. The summed E-state index contributed by atoms with van der Waals surface area (Å²) in [6, 6.07) is 14.0. The standard InChI is InChI=1S/C26H27Cl2N3OS/c1-15(2)29-26-31(16(3)4)25(32)24(33-26)13-21-17(5)30(23-9-7-6-8-20(21)23)14-18-10-11-19(27)12-22(18)28/h6-13,15-16H,14H2,1-5H3/b24-13+,29-26?. The van der Waals surface area contributed by atoms with Gasteiger partial charge in [-0.05, 0) is 76.2 Å². The minimum atomic E-state index is 0.00590. The Morgan fingerprint density at radius 3 is 2.48 bits per heavy atom. The van der Waals surface area contributed by atoms with E-state index in [9.17, 15) is 4.79 Å². The first-order chi connectivity index (χ1) is 15.7. The highest BCUT2D eigenvalue weighted by Crippen LogP contribution is 2.37. The molecule has 7 heteroatoms. The molecule has 0 aliphatic carbocycles. The second kappa shape index (κ2) is 9.57. The number of amides is 1. The number of carbonyl (C=O) groups excluding carboxylic acids is 1. The molecule has 1 aliphatic rings. The van der Waals surface area contributed by atoms with Gasteiger partial charge in [-0.3, -0.25) is 14.7 Å². The van der Waals surface area contributed by atoms with Crippen LogP contribution in [0.2, 0.25) is 10.0 Å². The monoisotopic (exact) mass is 499 g/mol. The fourth-order valence-electron chi connectivity index (χ4n) is 4.05. The van der Waals surface area contributed by atoms with Crippen LogP contribution in [0.15, 0.2) is 52.4 Å². The number of amidine groups is 1. The number of thioether (sulfide) groups is 1. The van der Waals surface area contributed by atoms with E-state index in [1.54, 1.807) is 11.0 Å². The van der Waals surface area contributed by atoms with E-state index in [4.69, 9.17) is 28.2 Å². The van der Waals surface area contributed by atoms with Gasteiger partial charge in [-0.15, -0.1) is 0 Å². The summed E-state index contributed by atoms with van der Waals surface area (Å²) < 4.78 is 2.24. The number of hydrogen-bond donors (Lipinski definition) is 0. The molecule has 0 unspecified atom stereocenters. The molecule has 1 amide bonds. The van der Waals surface area contributed by atoms with Gasteiger partial charge in [-0.2, -0.15) is 0 Å². The van der Waals surface area contributed by atoms with Crippen LogP contribution in [0.3, 0.4) is 0 Å². The van der Waals surface area contributed by atoms with Crippen molar-refractivity contribution in [2.75, 3.05) is 0 Å². The molecule has 0 radical (unpaired) electrons. The van der Waals surface area contributed by atoms with Gasteiger partial charge >= 0.3 is 0 Å². The lowest BCUT2D eigenvalue weighted by atomic mass is 10.1. The van der Waals surface area contributed by atoms with Crippen molar-refractivity contribution in [1.29, 1.82) is 0 Å². The Bertz CT molecular complexity index is 1290. The fourth-order valence-corrected chi connectivity index (χ4v) is 5.73. The zero-order chi connectivity index (χ0) is 23.9. The van der Waals surface area contributed by atoms with Crippen LogP contribution in [0.25, 0.3) is 17.0 Å². The molecule has 2 aromatic carbocycles. The van der Waals surface area contributed by atoms with Gasteiger partial charge < -0.3 is 4.57 Å². The Labute approximate surface area is 209 Å². The summed E-state index contributed by atoms with van der Waals surface area (Å²) in [5.74, 6) is 0.00590. The highest BCUT2D eigenvalue weighted by atomic mass is 35.5. The summed E-state index contributed by atoms with van der Waals surface area (Å²) in [6.07, 6.45) is 2.02. The van der Waals surface area contributed by atoms with E-state index >= 15 is 0 Å². The second-order valence-corrected chi connectivity index (χ2v) is 10.6. The van der Waals surface area contributed by atoms with E-state index in [2.05, 4.69) is 23.6 Å². The molecule has 0 atom stereocenters. The van der Waals surface area contributed by atoms with Gasteiger partial charge in [0.15, 0.2) is 5.17 Å². The van der Waals surface area contributed by atoms with Crippen molar-refractivity contribution >= 4 is 63.0 Å². The summed E-state index contributed by atoms with van der Waals surface area (Å²) in [4.78, 5) is 20.5. The molecular weight excluding hydrogens is 473 g/mol. The molecule has 33 heavy (non-hydrogen) atoms. The second-order valence-electron chi connectivity index (χ2n) is 8.72. The summed E-state index contributed by atoms with van der Waals surface area (Å²) in [7, 11) is 0. The van der Waals surface area contributed by atoms with Gasteiger partial charge in [0, 0.05) is 50.8 Å². The molecule has 0 N–H and O–H groups in total. The molecule has 0 spiro atoms. The highest BCUT2D eigenvalue weighted by Gasteiger charge is 2.35. The normalized spacial score (nSPS) is 17.0. The number of halogens is 2. The topological polar surface area (TPSA) is 37.6 Å². The van der Waals surface area contributed by atoms with Crippen LogP contribution in [0, 0.1) is 6.92 Å². The molecule has 2 heterocycles. The van der Waals surface area contributed by atoms with Gasteiger partial charge in [0.25, 0.3) is 5.91 Å². The molecule has 172 valence electrons. The summed E-state index contributed by atoms with van der Waals surface area (Å²) in [5, 5.41) is 3.13. The van der Waals surface area contributed by atoms with Crippen LogP contribution in [-0.2, 0) is 11.3 Å². The van der Waals surface area contributed by atoms with Gasteiger partial charge in [0.1, 0.15) is 0 Å². The number of benzene rings is 2. The Kier molecular flexibility index (Phi) is 6.94. The average Bonchev–Trinajstić information content (AvgIpc) is 3.18. The van der Waals surface area contributed by atoms with E-state index in [-0.39, 0.29) is 18.0 Å². The molecule has 3 aromatic rings. The smallest absolute Gasteiger partial charge is 0.266 e. The Balaban J connectivity index is 1.81. The maximum absolute atomic E-state index is 13.3. The van der Waals surface area contributed by atoms with Crippen LogP contribution in [0.4, 0.5) is 0 Å². The zero-order valence-electron chi connectivity index (χ0n) is 19.4. The quantitative estimate of drug-likeness (QED) is 0.343. The van der Waals surface area contributed by atoms with Crippen molar-refractivity contribution in [3.63, 3.8) is 0 Å². The number of carbonyl (C=O) groups is 1. The lowest BCUT2D eigenvalue weighted by molar-refractivity contribution is -0.123. The first-order valence-corrected chi connectivity index (χ1v) is 12.6. The molecule has 4 nitrogen and oxygen atoms in total. The predicted octanol–water partition coefficient (Wildman–Crippen LogP) is 7.39. The number of fused-ring (bicyclic) bond motifs is 1. The minimum Gasteiger partial charge on any atom is -0.340 e. The summed E-state index contributed by atoms with van der Waals surface area (Å²) in [5.41, 5.74) is 4.21. The lowest BCUT2D eigenvalue weighted by Gasteiger charge is -2.20. The number of aromatic nitrogens is 1. The van der Waals surface area contributed by atoms with E-state index in [1.165, 1.54) is 11.8 Å². The molecule has 4 rings (SSSR count). The van der Waals surface area contributed by atoms with Crippen LogP contribution >= 0.6 is 35.0 Å². The summed E-state index contributed by atoms with van der Waals surface area (Å²) in [6.45, 7) is 10.8. The number of hydrogen-bond acceptors (Lipinski definition) is 3. The predicted molar refractivity (Wildman–Crippen MR) is 142 cm³/mol. The maximum Gasteiger partial charge on any atom is 0.266 e. The van der Waals surface area contributed by atoms with E-state index < -0.39 is 0 Å². The Morgan fingerprint density at radius 1 is 1.09 bits per heavy atom. The molecule has 1 fully saturated rings. The van der Waals surface area contributed by atoms with Crippen molar-refractivity contribution in [1.82, 2.24) is 9.47 Å². The van der Waals surface area contributed by atoms with Gasteiger partial charge in [0.05, 0.1) is 4.91 Å². The first kappa shape index (κ1) is 23.9. The van der Waals surface area contributed by atoms with E-state index in [0.29, 0.717) is 21.5 Å². The van der Waals surface area contributed by atoms with Crippen molar-refractivity contribution in [2.24, 2.45) is 4.99 Å². The third kappa shape index (κ3) is 4.72. The van der Waals surface area contributed by atoms with Crippen LogP contribution < -0.4 is 0 Å². The zero-order valence-corrected chi connectivity index (χ0v) is 21.7. The van der Waals surface area contributed by atoms with Crippen molar-refractivity contribution < 1.29 is 4.79 Å². The average molecular weight is 500 g/mol. The molecule has 1 aliphatic heterocycles. The third-order valence-electron chi connectivity index (χ3n) is 5.62. The largest absolute Gasteiger partial charge is 0.340 e. The number of aliphatic imine (C=N–C) groups is 1. The molecule has 1 saturated heterocycles. The van der Waals surface area contributed by atoms with Crippen molar-refractivity contribution in [3.05, 3.63) is 74.2 Å². The number of para-hydroxylation sites is 1. The lowest BCUT2D eigenvalue weighted by Crippen LogP contribution is -2.35. The summed E-state index contributed by atoms with van der Waals surface area (Å²) >= 11 is 14.0. The number of rotatable bonds is 5. The van der Waals surface area contributed by atoms with Gasteiger partial charge in [-0.25, -0.2) is 0 Å². The van der Waals surface area contributed by atoms with Gasteiger partial charge in [-0.1, -0.05) is 47.5 Å². The van der Waals surface area contributed by atoms with Gasteiger partial charge in [0.2, 0.25) is 0 Å². The van der Waals surface area contributed by atoms with Crippen molar-refractivity contribution in [2.45, 2.75) is 53.2 Å². The molecular formula is C26H27Cl2N3OS. The van der Waals surface area contributed by atoms with E-state index in [0.717, 1.165) is 32.9 Å². The molecule has 1 aromatic heterocycles. The van der Waals surface area contributed by atoms with E-state index in [1.807, 2.05) is 58.0 Å². The van der Waals surface area contributed by atoms with Crippen LogP contribution in [-0.4, -0.2) is 32.6 Å². The number of nitrogens with zero attached hydrogens (tertiary/aromatic N) is 3. The maximum atomic E-state index is 13.3. The minimum absolute atomic E-state index is 0.00590. The third-order valence-corrected chi connectivity index (χ3v) is 7.20. The van der Waals surface area contributed by atoms with Crippen LogP contribution in [0.1, 0.15) is 44.5 Å². The SMILES string of the molecule is Cc1c(/C=C2/SC(=NC(C)C)N(C(C)C)C2=O)c2ccccc2n1Cc1ccc(Cl)cc1Cl. The van der Waals surface area contributed by atoms with Crippen molar-refractivity contribution in [3.8, 4) is 0 Å². The Hall–Kier alpha value is -2.21. The fraction of sp³-hybridized carbons (Fsp3) is 0.308. The Morgan fingerprint density at radius 2 is 1.82 bits per heavy atom. The molecule has 0 saturated carbocycles.